The molecule has 0 unspecified atom stereocenters. The Bertz CT molecular complexity index is 1390. The molecule has 3 aromatic rings. The summed E-state index contributed by atoms with van der Waals surface area (Å²) in [5.41, 5.74) is -10.8. The average molecular weight is 673 g/mol. The summed E-state index contributed by atoms with van der Waals surface area (Å²) < 4.78 is 183. The lowest BCUT2D eigenvalue weighted by Gasteiger charge is -2.26. The Hall–Kier alpha value is -2.75. The Labute approximate surface area is 250 Å². The van der Waals surface area contributed by atoms with Gasteiger partial charge in [0, 0.05) is 10.4 Å². The van der Waals surface area contributed by atoms with Crippen LogP contribution in [0, 0.1) is 69.8 Å². The third kappa shape index (κ3) is 5.60. The van der Waals surface area contributed by atoms with Gasteiger partial charge in [0.25, 0.3) is 0 Å². The van der Waals surface area contributed by atoms with Gasteiger partial charge in [-0.25, -0.2) is 52.7 Å². The lowest BCUT2D eigenvalue weighted by molar-refractivity contribution is 0.441. The fourth-order valence-corrected chi connectivity index (χ4v) is 12.2. The normalized spacial score (nSPS) is 12.4. The quantitative estimate of drug-likeness (QED) is 0.127. The molecule has 0 heterocycles. The van der Waals surface area contributed by atoms with Gasteiger partial charge in [0.05, 0.1) is 39.8 Å². The zero-order valence-corrected chi connectivity index (χ0v) is 26.8. The van der Waals surface area contributed by atoms with Gasteiger partial charge in [0.1, 0.15) is 0 Å². The second kappa shape index (κ2) is 12.9. The van der Waals surface area contributed by atoms with E-state index in [1.807, 2.05) is 0 Å². The third-order valence-electron chi connectivity index (χ3n) is 7.36. The predicted octanol–water partition coefficient (Wildman–Crippen LogP) is 9.73. The second-order valence-electron chi connectivity index (χ2n) is 11.5. The van der Waals surface area contributed by atoms with Crippen LogP contribution in [-0.4, -0.2) is 17.6 Å². The molecule has 14 heteroatoms. The lowest BCUT2D eigenvalue weighted by atomic mass is 9.95. The number of hydrogen-bond donors (Lipinski definition) is 0. The summed E-state index contributed by atoms with van der Waals surface area (Å²) in [6, 6.07) is 0. The third-order valence-corrected chi connectivity index (χ3v) is 14.4. The molecule has 240 valence electrons. The molecule has 0 fully saturated rings. The highest BCUT2D eigenvalue weighted by Crippen LogP contribution is 2.42. The first-order chi connectivity index (χ1) is 20.2. The van der Waals surface area contributed by atoms with E-state index in [1.54, 1.807) is 0 Å². The first-order valence-corrected chi connectivity index (χ1v) is 16.9. The van der Waals surface area contributed by atoms with Crippen LogP contribution in [0.4, 0.5) is 52.7 Å². The van der Waals surface area contributed by atoms with Gasteiger partial charge in [-0.1, -0.05) is 55.4 Å². The van der Waals surface area contributed by atoms with Gasteiger partial charge in [-0.2, -0.15) is 0 Å². The molecule has 44 heavy (non-hydrogen) atoms. The van der Waals surface area contributed by atoms with Crippen LogP contribution in [-0.2, 0) is 0 Å². The SMILES string of the molecule is CC(C)[Si](c1c(F)c(F)c(-c2c(F)c(F)c(-c3c(F)c(F)c([Si](C(C)C)C(C)C)c(F)c3F)c(F)c2F)c(F)c1F)C(C)C. The van der Waals surface area contributed by atoms with Crippen LogP contribution in [0.25, 0.3) is 22.3 Å². The van der Waals surface area contributed by atoms with E-state index in [1.165, 1.54) is 55.4 Å². The molecule has 0 aliphatic carbocycles. The van der Waals surface area contributed by atoms with Crippen molar-refractivity contribution in [2.75, 3.05) is 0 Å². The molecule has 0 N–H and O–H groups in total. The summed E-state index contributed by atoms with van der Waals surface area (Å²) in [7, 11) is -4.79. The van der Waals surface area contributed by atoms with Gasteiger partial charge in [0.2, 0.25) is 0 Å². The Morgan fingerprint density at radius 1 is 0.273 bits per heavy atom. The lowest BCUT2D eigenvalue weighted by Crippen LogP contribution is -2.42. The van der Waals surface area contributed by atoms with Crippen molar-refractivity contribution in [3.05, 3.63) is 69.8 Å². The Balaban J connectivity index is 2.44. The van der Waals surface area contributed by atoms with Crippen molar-refractivity contribution in [3.8, 4) is 22.3 Å². The number of halogens is 12. The Morgan fingerprint density at radius 3 is 0.545 bits per heavy atom. The van der Waals surface area contributed by atoms with E-state index in [2.05, 4.69) is 0 Å². The van der Waals surface area contributed by atoms with Crippen molar-refractivity contribution in [1.29, 1.82) is 0 Å². The van der Waals surface area contributed by atoms with Crippen molar-refractivity contribution >= 4 is 28.0 Å². The maximum absolute atomic E-state index is 15.3. The monoisotopic (exact) mass is 672 g/mol. The maximum atomic E-state index is 15.3. The summed E-state index contributed by atoms with van der Waals surface area (Å²) >= 11 is 0. The average Bonchev–Trinajstić information content (AvgIpc) is 2.92. The molecule has 0 aliphatic heterocycles. The standard InChI is InChI=1S/C30H28F12Si2/c1-9(2)43(10(3)4)29-25(39)21(35)15(22(36)26(29)40)13-17(31)19(33)14(20(34)18(13)32)16-23(37)27(41)30(28(42)24(16)38)44(11(5)6)12(7)8/h9-12H,1-8H3. The highest BCUT2D eigenvalue weighted by molar-refractivity contribution is 6.76. The van der Waals surface area contributed by atoms with E-state index in [9.17, 15) is 0 Å². The molecule has 3 rings (SSSR count). The van der Waals surface area contributed by atoms with Crippen molar-refractivity contribution in [3.63, 3.8) is 0 Å². The van der Waals surface area contributed by atoms with E-state index in [0.29, 0.717) is 0 Å². The molecule has 0 saturated heterocycles. The Morgan fingerprint density at radius 2 is 0.409 bits per heavy atom. The molecule has 0 saturated carbocycles. The fourth-order valence-electron chi connectivity index (χ4n) is 5.77. The van der Waals surface area contributed by atoms with Crippen LogP contribution >= 0.6 is 0 Å². The van der Waals surface area contributed by atoms with Crippen LogP contribution < -0.4 is 10.4 Å². The highest BCUT2D eigenvalue weighted by Gasteiger charge is 2.41. The summed E-state index contributed by atoms with van der Waals surface area (Å²) in [6.45, 7) is 12.3. The van der Waals surface area contributed by atoms with Gasteiger partial charge in [-0.3, -0.25) is 0 Å². The molecule has 0 bridgehead atoms. The molecular formula is C30H28F12Si2. The molecule has 0 atom stereocenters. The molecule has 0 aliphatic rings. The van der Waals surface area contributed by atoms with Crippen molar-refractivity contribution < 1.29 is 52.7 Å². The minimum atomic E-state index is -2.72. The maximum Gasteiger partial charge on any atom is 0.170 e. The van der Waals surface area contributed by atoms with E-state index in [0.717, 1.165) is 0 Å². The minimum Gasteiger partial charge on any atom is -0.204 e. The molecular weight excluding hydrogens is 644 g/mol. The molecule has 0 spiro atoms. The topological polar surface area (TPSA) is 0 Å². The number of benzene rings is 3. The van der Waals surface area contributed by atoms with E-state index in [-0.39, 0.29) is 0 Å². The first kappa shape index (κ1) is 35.7. The first-order valence-electron chi connectivity index (χ1n) is 13.5. The zero-order chi connectivity index (χ0) is 33.9. The van der Waals surface area contributed by atoms with Crippen molar-refractivity contribution in [2.24, 2.45) is 0 Å². The van der Waals surface area contributed by atoms with Gasteiger partial charge < -0.3 is 0 Å². The van der Waals surface area contributed by atoms with Gasteiger partial charge in [0.15, 0.2) is 69.8 Å². The Kier molecular flexibility index (Phi) is 10.5. The largest absolute Gasteiger partial charge is 0.204 e. The predicted molar refractivity (Wildman–Crippen MR) is 148 cm³/mol. The fraction of sp³-hybridized carbons (Fsp3) is 0.400. The van der Waals surface area contributed by atoms with Gasteiger partial charge >= 0.3 is 0 Å². The molecule has 2 radical (unpaired) electrons. The van der Waals surface area contributed by atoms with Gasteiger partial charge in [-0.15, -0.1) is 0 Å². The molecule has 0 amide bonds. The molecule has 3 aromatic carbocycles. The van der Waals surface area contributed by atoms with Crippen LogP contribution in [0.15, 0.2) is 0 Å². The van der Waals surface area contributed by atoms with Crippen LogP contribution in [0.5, 0.6) is 0 Å². The zero-order valence-electron chi connectivity index (χ0n) is 24.8. The van der Waals surface area contributed by atoms with E-state index >= 15 is 52.7 Å². The molecule has 0 nitrogen and oxygen atoms in total. The van der Waals surface area contributed by atoms with Gasteiger partial charge in [-0.05, 0) is 22.2 Å². The number of rotatable bonds is 8. The summed E-state index contributed by atoms with van der Waals surface area (Å²) in [4.78, 5) is 0. The highest BCUT2D eigenvalue weighted by atomic mass is 28.3. The van der Waals surface area contributed by atoms with Crippen LogP contribution in [0.2, 0.25) is 22.2 Å². The van der Waals surface area contributed by atoms with Crippen LogP contribution in [0.1, 0.15) is 55.4 Å². The summed E-state index contributed by atoms with van der Waals surface area (Å²) in [6.07, 6.45) is 0. The van der Waals surface area contributed by atoms with Crippen molar-refractivity contribution in [2.45, 2.75) is 77.6 Å². The summed E-state index contributed by atoms with van der Waals surface area (Å²) in [5, 5.41) is -2.01. The van der Waals surface area contributed by atoms with Crippen LogP contribution in [0.3, 0.4) is 0 Å². The van der Waals surface area contributed by atoms with E-state index in [4.69, 9.17) is 0 Å². The molecule has 0 aromatic heterocycles. The summed E-state index contributed by atoms with van der Waals surface area (Å²) in [5.74, 6) is -28.5. The minimum absolute atomic E-state index is 0.494. The van der Waals surface area contributed by atoms with E-state index < -0.39 is 142 Å². The van der Waals surface area contributed by atoms with Crippen molar-refractivity contribution in [1.82, 2.24) is 0 Å². The number of hydrogen-bond acceptors (Lipinski definition) is 0. The smallest absolute Gasteiger partial charge is 0.170 e. The second-order valence-corrected chi connectivity index (χ2v) is 19.0.